The molecule has 2 N–H and O–H groups in total. The van der Waals surface area contributed by atoms with E-state index in [2.05, 4.69) is 5.32 Å². The number of hydrogen-bond acceptors (Lipinski definition) is 3. The highest BCUT2D eigenvalue weighted by atomic mass is 16.4. The van der Waals surface area contributed by atoms with Crippen molar-refractivity contribution in [2.45, 2.75) is 33.2 Å². The Balaban J connectivity index is 2.62. The first kappa shape index (κ1) is 13.5. The van der Waals surface area contributed by atoms with Crippen LogP contribution in [0.15, 0.2) is 0 Å². The Morgan fingerprint density at radius 1 is 1.35 bits per heavy atom. The SMILES string of the molecule is CC(=O)NC1CCN(C(=O)C(C)(C)C(=O)O)C1. The minimum Gasteiger partial charge on any atom is -0.480 e. The fraction of sp³-hybridized carbons (Fsp3) is 0.727. The van der Waals surface area contributed by atoms with E-state index in [1.807, 2.05) is 0 Å². The van der Waals surface area contributed by atoms with Crippen LogP contribution in [0.4, 0.5) is 0 Å². The Morgan fingerprint density at radius 2 is 1.94 bits per heavy atom. The maximum Gasteiger partial charge on any atom is 0.318 e. The third-order valence-corrected chi connectivity index (χ3v) is 2.95. The van der Waals surface area contributed by atoms with Gasteiger partial charge in [0.25, 0.3) is 0 Å². The molecule has 0 spiro atoms. The van der Waals surface area contributed by atoms with Crippen LogP contribution in [0.2, 0.25) is 0 Å². The van der Waals surface area contributed by atoms with Gasteiger partial charge >= 0.3 is 5.97 Å². The number of nitrogens with one attached hydrogen (secondary N) is 1. The number of rotatable bonds is 3. The van der Waals surface area contributed by atoms with Gasteiger partial charge in [0.1, 0.15) is 5.41 Å². The van der Waals surface area contributed by atoms with Gasteiger partial charge < -0.3 is 15.3 Å². The van der Waals surface area contributed by atoms with Gasteiger partial charge in [-0.2, -0.15) is 0 Å². The normalized spacial score (nSPS) is 20.2. The topological polar surface area (TPSA) is 86.7 Å². The summed E-state index contributed by atoms with van der Waals surface area (Å²) in [5, 5.41) is 11.7. The highest BCUT2D eigenvalue weighted by molar-refractivity contribution is 6.01. The van der Waals surface area contributed by atoms with Crippen LogP contribution >= 0.6 is 0 Å². The van der Waals surface area contributed by atoms with Crippen molar-refractivity contribution in [3.8, 4) is 0 Å². The average molecular weight is 242 g/mol. The second kappa shape index (κ2) is 4.73. The molecule has 6 heteroatoms. The van der Waals surface area contributed by atoms with Gasteiger partial charge in [-0.25, -0.2) is 0 Å². The van der Waals surface area contributed by atoms with Crippen molar-refractivity contribution in [2.24, 2.45) is 5.41 Å². The molecule has 0 saturated carbocycles. The van der Waals surface area contributed by atoms with Crippen molar-refractivity contribution < 1.29 is 19.5 Å². The Kier molecular flexibility index (Phi) is 3.75. The molecule has 96 valence electrons. The number of likely N-dealkylation sites (tertiary alicyclic amines) is 1. The molecule has 0 bridgehead atoms. The summed E-state index contributed by atoms with van der Waals surface area (Å²) in [6.45, 7) is 5.08. The van der Waals surface area contributed by atoms with Gasteiger partial charge in [-0.05, 0) is 20.3 Å². The van der Waals surface area contributed by atoms with E-state index in [4.69, 9.17) is 5.11 Å². The van der Waals surface area contributed by atoms with Gasteiger partial charge in [0.05, 0.1) is 0 Å². The second-order valence-corrected chi connectivity index (χ2v) is 4.87. The van der Waals surface area contributed by atoms with E-state index in [-0.39, 0.29) is 11.9 Å². The summed E-state index contributed by atoms with van der Waals surface area (Å²) < 4.78 is 0. The number of carboxylic acid groups (broad SMARTS) is 1. The zero-order valence-electron chi connectivity index (χ0n) is 10.3. The molecule has 0 radical (unpaired) electrons. The molecule has 0 aromatic heterocycles. The number of carbonyl (C=O) groups excluding carboxylic acids is 2. The molecule has 6 nitrogen and oxygen atoms in total. The van der Waals surface area contributed by atoms with Crippen molar-refractivity contribution in [1.82, 2.24) is 10.2 Å². The average Bonchev–Trinajstić information content (AvgIpc) is 2.63. The van der Waals surface area contributed by atoms with Crippen molar-refractivity contribution in [3.05, 3.63) is 0 Å². The van der Waals surface area contributed by atoms with Gasteiger partial charge in [0.2, 0.25) is 11.8 Å². The van der Waals surface area contributed by atoms with E-state index in [1.165, 1.54) is 25.7 Å². The largest absolute Gasteiger partial charge is 0.480 e. The summed E-state index contributed by atoms with van der Waals surface area (Å²) in [5.74, 6) is -1.68. The number of nitrogens with zero attached hydrogens (tertiary/aromatic N) is 1. The minimum atomic E-state index is -1.41. The lowest BCUT2D eigenvalue weighted by atomic mass is 9.92. The number of aliphatic carboxylic acids is 1. The molecule has 1 rings (SSSR count). The summed E-state index contributed by atoms with van der Waals surface area (Å²) in [6.07, 6.45) is 0.668. The molecular weight excluding hydrogens is 224 g/mol. The first-order chi connectivity index (χ1) is 7.75. The molecular formula is C11H18N2O4. The predicted molar refractivity (Wildman–Crippen MR) is 60.2 cm³/mol. The van der Waals surface area contributed by atoms with Crippen LogP contribution in [-0.4, -0.2) is 46.9 Å². The molecule has 1 fully saturated rings. The minimum absolute atomic E-state index is 0.0685. The number of amides is 2. The molecule has 0 aliphatic carbocycles. The zero-order chi connectivity index (χ0) is 13.2. The van der Waals surface area contributed by atoms with E-state index in [0.717, 1.165) is 0 Å². The summed E-state index contributed by atoms with van der Waals surface area (Å²) in [5.41, 5.74) is -1.41. The van der Waals surface area contributed by atoms with E-state index in [9.17, 15) is 14.4 Å². The maximum atomic E-state index is 12.0. The Labute approximate surface area is 100.0 Å². The number of hydrogen-bond donors (Lipinski definition) is 2. The quantitative estimate of drug-likeness (QED) is 0.673. The summed E-state index contributed by atoms with van der Waals surface area (Å²) in [6, 6.07) is -0.0685. The zero-order valence-corrected chi connectivity index (χ0v) is 10.3. The van der Waals surface area contributed by atoms with E-state index >= 15 is 0 Å². The van der Waals surface area contributed by atoms with Crippen molar-refractivity contribution >= 4 is 17.8 Å². The predicted octanol–water partition coefficient (Wildman–Crippen LogP) is -0.166. The molecule has 1 atom stereocenters. The molecule has 0 aromatic carbocycles. The van der Waals surface area contributed by atoms with Gasteiger partial charge in [-0.3, -0.25) is 14.4 Å². The third-order valence-electron chi connectivity index (χ3n) is 2.95. The van der Waals surface area contributed by atoms with Crippen LogP contribution in [0.5, 0.6) is 0 Å². The van der Waals surface area contributed by atoms with Crippen LogP contribution in [0, 0.1) is 5.41 Å². The van der Waals surface area contributed by atoms with Crippen LogP contribution in [0.25, 0.3) is 0 Å². The van der Waals surface area contributed by atoms with Crippen molar-refractivity contribution in [2.75, 3.05) is 13.1 Å². The van der Waals surface area contributed by atoms with Gasteiger partial charge in [0.15, 0.2) is 0 Å². The molecule has 2 amide bonds. The van der Waals surface area contributed by atoms with Crippen LogP contribution in [0.3, 0.4) is 0 Å². The summed E-state index contributed by atoms with van der Waals surface area (Å²) >= 11 is 0. The fourth-order valence-corrected chi connectivity index (χ4v) is 1.84. The summed E-state index contributed by atoms with van der Waals surface area (Å²) in [7, 11) is 0. The van der Waals surface area contributed by atoms with E-state index in [1.54, 1.807) is 0 Å². The first-order valence-electron chi connectivity index (χ1n) is 5.55. The summed E-state index contributed by atoms with van der Waals surface area (Å²) in [4.78, 5) is 35.3. The second-order valence-electron chi connectivity index (χ2n) is 4.87. The van der Waals surface area contributed by atoms with Gasteiger partial charge in [-0.15, -0.1) is 0 Å². The molecule has 1 unspecified atom stereocenters. The monoisotopic (exact) mass is 242 g/mol. The molecule has 0 aromatic rings. The standard InChI is InChI=1S/C11H18N2O4/c1-7(14)12-8-4-5-13(6-8)9(15)11(2,3)10(16)17/h8H,4-6H2,1-3H3,(H,12,14)(H,16,17). The van der Waals surface area contributed by atoms with Crippen LogP contribution in [-0.2, 0) is 14.4 Å². The lowest BCUT2D eigenvalue weighted by Crippen LogP contribution is -2.45. The molecule has 1 heterocycles. The molecule has 17 heavy (non-hydrogen) atoms. The Morgan fingerprint density at radius 3 is 2.41 bits per heavy atom. The van der Waals surface area contributed by atoms with Crippen molar-refractivity contribution in [3.63, 3.8) is 0 Å². The van der Waals surface area contributed by atoms with Crippen LogP contribution in [0.1, 0.15) is 27.2 Å². The smallest absolute Gasteiger partial charge is 0.318 e. The maximum absolute atomic E-state index is 12.0. The lowest BCUT2D eigenvalue weighted by Gasteiger charge is -2.25. The van der Waals surface area contributed by atoms with Crippen LogP contribution < -0.4 is 5.32 Å². The molecule has 1 aliphatic rings. The Bertz CT molecular complexity index is 351. The van der Waals surface area contributed by atoms with Gasteiger partial charge in [-0.1, -0.05) is 0 Å². The highest BCUT2D eigenvalue weighted by Crippen LogP contribution is 2.22. The Hall–Kier alpha value is -1.59. The van der Waals surface area contributed by atoms with Gasteiger partial charge in [0, 0.05) is 26.1 Å². The first-order valence-corrected chi connectivity index (χ1v) is 5.55. The fourth-order valence-electron chi connectivity index (χ4n) is 1.84. The van der Waals surface area contributed by atoms with E-state index < -0.39 is 17.3 Å². The highest BCUT2D eigenvalue weighted by Gasteiger charge is 2.41. The molecule has 1 aliphatic heterocycles. The number of carbonyl (C=O) groups is 3. The van der Waals surface area contributed by atoms with E-state index in [0.29, 0.717) is 19.5 Å². The lowest BCUT2D eigenvalue weighted by molar-refractivity contribution is -0.157. The molecule has 1 saturated heterocycles. The number of carboxylic acids is 1. The van der Waals surface area contributed by atoms with Crippen molar-refractivity contribution in [1.29, 1.82) is 0 Å². The third kappa shape index (κ3) is 2.95.